The van der Waals surface area contributed by atoms with E-state index in [1.165, 1.54) is 14.2 Å². The van der Waals surface area contributed by atoms with Gasteiger partial charge < -0.3 is 24.1 Å². The number of carboxylic acids is 1. The standard InChI is InChI=1S/C26H32O7/c1-25(2,3)22(23(27)28)26(4,5)14-33-20-16(11-12-19(30-6)21(20)31-7)15-9-8-10-17-18(15)13-32-24(17)29/h8-12,22H,13-14H2,1-7H3,(H,27,28). The summed E-state index contributed by atoms with van der Waals surface area (Å²) in [5.41, 5.74) is 1.62. The number of esters is 1. The Balaban J connectivity index is 2.10. The summed E-state index contributed by atoms with van der Waals surface area (Å²) < 4.78 is 22.7. The molecule has 2 aromatic rings. The molecule has 0 spiro atoms. The van der Waals surface area contributed by atoms with Crippen molar-refractivity contribution in [3.05, 3.63) is 41.5 Å². The molecule has 1 unspecified atom stereocenters. The van der Waals surface area contributed by atoms with E-state index in [9.17, 15) is 14.7 Å². The Kier molecular flexibility index (Phi) is 6.63. The first-order chi connectivity index (χ1) is 15.4. The lowest BCUT2D eigenvalue weighted by molar-refractivity contribution is -0.152. The van der Waals surface area contributed by atoms with Crippen molar-refractivity contribution in [2.24, 2.45) is 16.7 Å². The third kappa shape index (κ3) is 4.63. The van der Waals surface area contributed by atoms with E-state index >= 15 is 0 Å². The molecule has 3 rings (SSSR count). The maximum absolute atomic E-state index is 12.1. The molecule has 7 heteroatoms. The van der Waals surface area contributed by atoms with E-state index in [2.05, 4.69) is 0 Å². The number of cyclic esters (lactones) is 1. The summed E-state index contributed by atoms with van der Waals surface area (Å²) in [4.78, 5) is 24.2. The highest BCUT2D eigenvalue weighted by Crippen LogP contribution is 2.48. The summed E-state index contributed by atoms with van der Waals surface area (Å²) in [5.74, 6) is -0.570. The zero-order valence-electron chi connectivity index (χ0n) is 20.3. The van der Waals surface area contributed by atoms with Crippen LogP contribution < -0.4 is 14.2 Å². The van der Waals surface area contributed by atoms with Crippen molar-refractivity contribution < 1.29 is 33.6 Å². The van der Waals surface area contributed by atoms with Gasteiger partial charge in [0.15, 0.2) is 11.5 Å². The van der Waals surface area contributed by atoms with Crippen molar-refractivity contribution in [1.29, 1.82) is 0 Å². The normalized spacial score (nSPS) is 14.3. The van der Waals surface area contributed by atoms with Gasteiger partial charge in [-0.1, -0.05) is 46.8 Å². The summed E-state index contributed by atoms with van der Waals surface area (Å²) in [5, 5.41) is 9.94. The minimum absolute atomic E-state index is 0.127. The molecule has 0 saturated heterocycles. The number of benzene rings is 2. The highest BCUT2D eigenvalue weighted by atomic mass is 16.5. The third-order valence-electron chi connectivity index (χ3n) is 6.02. The first-order valence-corrected chi connectivity index (χ1v) is 10.8. The van der Waals surface area contributed by atoms with Gasteiger partial charge in [0.25, 0.3) is 0 Å². The number of hydrogen-bond acceptors (Lipinski definition) is 6. The number of carbonyl (C=O) groups is 2. The Morgan fingerprint density at radius 3 is 2.24 bits per heavy atom. The van der Waals surface area contributed by atoms with Crippen LogP contribution in [0.5, 0.6) is 17.2 Å². The molecule has 1 aliphatic rings. The van der Waals surface area contributed by atoms with Crippen molar-refractivity contribution in [3.8, 4) is 28.4 Å². The van der Waals surface area contributed by atoms with Gasteiger partial charge in [0.05, 0.1) is 32.3 Å². The second kappa shape index (κ2) is 8.96. The van der Waals surface area contributed by atoms with Gasteiger partial charge in [0, 0.05) is 16.5 Å². The minimum Gasteiger partial charge on any atom is -0.493 e. The smallest absolute Gasteiger partial charge is 0.338 e. The predicted molar refractivity (Wildman–Crippen MR) is 124 cm³/mol. The van der Waals surface area contributed by atoms with Crippen LogP contribution >= 0.6 is 0 Å². The Morgan fingerprint density at radius 1 is 1.00 bits per heavy atom. The predicted octanol–water partition coefficient (Wildman–Crippen LogP) is 5.19. The second-order valence-corrected chi connectivity index (χ2v) is 10.0. The van der Waals surface area contributed by atoms with Crippen LogP contribution in [-0.2, 0) is 16.1 Å². The summed E-state index contributed by atoms with van der Waals surface area (Å²) >= 11 is 0. The lowest BCUT2D eigenvalue weighted by Crippen LogP contribution is -2.43. The van der Waals surface area contributed by atoms with Crippen LogP contribution in [-0.4, -0.2) is 37.9 Å². The Bertz CT molecular complexity index is 1060. The molecule has 0 saturated carbocycles. The van der Waals surface area contributed by atoms with Crippen molar-refractivity contribution in [3.63, 3.8) is 0 Å². The first-order valence-electron chi connectivity index (χ1n) is 10.8. The van der Waals surface area contributed by atoms with Crippen LogP contribution in [0.1, 0.15) is 50.5 Å². The molecule has 1 N–H and O–H groups in total. The van der Waals surface area contributed by atoms with Gasteiger partial charge in [-0.3, -0.25) is 4.79 Å². The molecular formula is C26H32O7. The van der Waals surface area contributed by atoms with Crippen molar-refractivity contribution >= 4 is 11.9 Å². The van der Waals surface area contributed by atoms with E-state index in [-0.39, 0.29) is 19.2 Å². The molecule has 2 aromatic carbocycles. The Labute approximate surface area is 194 Å². The number of methoxy groups -OCH3 is 2. The van der Waals surface area contributed by atoms with Gasteiger partial charge in [-0.15, -0.1) is 0 Å². The number of rotatable bonds is 8. The fraction of sp³-hybridized carbons (Fsp3) is 0.462. The molecule has 7 nitrogen and oxygen atoms in total. The lowest BCUT2D eigenvalue weighted by Gasteiger charge is -2.39. The quantitative estimate of drug-likeness (QED) is 0.546. The van der Waals surface area contributed by atoms with E-state index in [0.29, 0.717) is 28.4 Å². The largest absolute Gasteiger partial charge is 0.493 e. The number of carbonyl (C=O) groups excluding carboxylic acids is 1. The minimum atomic E-state index is -0.870. The maximum atomic E-state index is 12.1. The fourth-order valence-electron chi connectivity index (χ4n) is 4.87. The van der Waals surface area contributed by atoms with Gasteiger partial charge in [-0.05, 0) is 29.2 Å². The van der Waals surface area contributed by atoms with Gasteiger partial charge in [-0.2, -0.15) is 0 Å². The first kappa shape index (κ1) is 24.4. The van der Waals surface area contributed by atoms with Crippen LogP contribution in [0.2, 0.25) is 0 Å². The molecule has 1 heterocycles. The van der Waals surface area contributed by atoms with Crippen LogP contribution in [0.15, 0.2) is 30.3 Å². The van der Waals surface area contributed by atoms with E-state index in [1.54, 1.807) is 18.2 Å². The molecule has 0 bridgehead atoms. The molecule has 0 radical (unpaired) electrons. The number of carboxylic acid groups (broad SMARTS) is 1. The third-order valence-corrected chi connectivity index (χ3v) is 6.02. The fourth-order valence-corrected chi connectivity index (χ4v) is 4.87. The summed E-state index contributed by atoms with van der Waals surface area (Å²) in [6, 6.07) is 9.05. The maximum Gasteiger partial charge on any atom is 0.338 e. The van der Waals surface area contributed by atoms with E-state index in [0.717, 1.165) is 11.1 Å². The van der Waals surface area contributed by atoms with Crippen molar-refractivity contribution in [2.75, 3.05) is 20.8 Å². The Morgan fingerprint density at radius 2 is 1.67 bits per heavy atom. The molecule has 178 valence electrons. The SMILES string of the molecule is COc1ccc(-c2cccc3c2COC3=O)c(OCC(C)(C)C(C(=O)O)C(C)(C)C)c1OC. The summed E-state index contributed by atoms with van der Waals surface area (Å²) in [6.45, 7) is 9.81. The van der Waals surface area contributed by atoms with Crippen LogP contribution in [0, 0.1) is 16.7 Å². The zero-order chi connectivity index (χ0) is 24.6. The summed E-state index contributed by atoms with van der Waals surface area (Å²) in [7, 11) is 3.06. The topological polar surface area (TPSA) is 91.3 Å². The van der Waals surface area contributed by atoms with Crippen LogP contribution in [0.25, 0.3) is 11.1 Å². The van der Waals surface area contributed by atoms with Crippen LogP contribution in [0.3, 0.4) is 0 Å². The average molecular weight is 457 g/mol. The van der Waals surface area contributed by atoms with E-state index in [4.69, 9.17) is 18.9 Å². The average Bonchev–Trinajstić information content (AvgIpc) is 3.11. The van der Waals surface area contributed by atoms with Gasteiger partial charge in [-0.25, -0.2) is 4.79 Å². The second-order valence-electron chi connectivity index (χ2n) is 10.0. The molecule has 0 aromatic heterocycles. The van der Waals surface area contributed by atoms with Crippen molar-refractivity contribution in [2.45, 2.75) is 41.2 Å². The zero-order valence-corrected chi connectivity index (χ0v) is 20.3. The monoisotopic (exact) mass is 456 g/mol. The van der Waals surface area contributed by atoms with Gasteiger partial charge in [0.2, 0.25) is 5.75 Å². The molecule has 0 aliphatic carbocycles. The molecule has 1 aliphatic heterocycles. The van der Waals surface area contributed by atoms with Gasteiger partial charge >= 0.3 is 11.9 Å². The van der Waals surface area contributed by atoms with E-state index < -0.39 is 22.7 Å². The highest BCUT2D eigenvalue weighted by molar-refractivity contribution is 5.96. The molecule has 33 heavy (non-hydrogen) atoms. The Hall–Kier alpha value is -3.22. The number of ether oxygens (including phenoxy) is 4. The molecule has 0 fully saturated rings. The molecular weight excluding hydrogens is 424 g/mol. The summed E-state index contributed by atoms with van der Waals surface area (Å²) in [6.07, 6.45) is 0. The highest BCUT2D eigenvalue weighted by Gasteiger charge is 2.44. The molecule has 1 atom stereocenters. The van der Waals surface area contributed by atoms with E-state index in [1.807, 2.05) is 46.8 Å². The number of hydrogen-bond donors (Lipinski definition) is 1. The van der Waals surface area contributed by atoms with Gasteiger partial charge in [0.1, 0.15) is 6.61 Å². The van der Waals surface area contributed by atoms with Crippen LogP contribution in [0.4, 0.5) is 0 Å². The lowest BCUT2D eigenvalue weighted by atomic mass is 9.66. The van der Waals surface area contributed by atoms with Crippen molar-refractivity contribution in [1.82, 2.24) is 0 Å². The number of aliphatic carboxylic acids is 1. The number of fused-ring (bicyclic) bond motifs is 1. The molecule has 0 amide bonds.